The van der Waals surface area contributed by atoms with E-state index < -0.39 is 0 Å². The van der Waals surface area contributed by atoms with Crippen molar-refractivity contribution in [1.82, 2.24) is 4.90 Å². The molecular formula is C20H23NO3. The van der Waals surface area contributed by atoms with Crippen molar-refractivity contribution in [2.24, 2.45) is 5.92 Å². The molecule has 0 spiro atoms. The molecule has 0 radical (unpaired) electrons. The number of morpholine rings is 1. The van der Waals surface area contributed by atoms with Gasteiger partial charge in [-0.15, -0.1) is 0 Å². The van der Waals surface area contributed by atoms with Crippen LogP contribution in [0.15, 0.2) is 42.5 Å². The van der Waals surface area contributed by atoms with Crippen molar-refractivity contribution in [3.8, 4) is 0 Å². The van der Waals surface area contributed by atoms with Crippen LogP contribution >= 0.6 is 0 Å². The quantitative estimate of drug-likeness (QED) is 0.943. The van der Waals surface area contributed by atoms with Crippen LogP contribution in [-0.4, -0.2) is 47.8 Å². The van der Waals surface area contributed by atoms with Gasteiger partial charge in [-0.25, -0.2) is 0 Å². The first kappa shape index (κ1) is 15.6. The van der Waals surface area contributed by atoms with Gasteiger partial charge in [0.05, 0.1) is 25.4 Å². The van der Waals surface area contributed by atoms with Crippen LogP contribution in [0.5, 0.6) is 0 Å². The number of aliphatic hydroxyl groups is 1. The number of nitrogens with zero attached hydrogens (tertiary/aromatic N) is 1. The molecule has 4 rings (SSSR count). The van der Waals surface area contributed by atoms with Crippen LogP contribution < -0.4 is 0 Å². The second-order valence-corrected chi connectivity index (χ2v) is 6.99. The van der Waals surface area contributed by atoms with Crippen LogP contribution in [0.3, 0.4) is 0 Å². The van der Waals surface area contributed by atoms with Gasteiger partial charge < -0.3 is 14.7 Å². The second-order valence-electron chi connectivity index (χ2n) is 6.99. The highest BCUT2D eigenvalue weighted by molar-refractivity contribution is 5.89. The molecule has 4 unspecified atom stereocenters. The van der Waals surface area contributed by atoms with E-state index in [-0.39, 0.29) is 30.6 Å². The number of amides is 1. The molecule has 1 heterocycles. The maximum absolute atomic E-state index is 12.9. The fourth-order valence-electron chi connectivity index (χ4n) is 3.83. The molecule has 4 atom stereocenters. The van der Waals surface area contributed by atoms with Crippen LogP contribution in [0, 0.1) is 5.92 Å². The van der Waals surface area contributed by atoms with Crippen LogP contribution in [0.4, 0.5) is 0 Å². The fourth-order valence-corrected chi connectivity index (χ4v) is 3.83. The molecule has 126 valence electrons. The van der Waals surface area contributed by atoms with Crippen LogP contribution in [0.1, 0.15) is 24.8 Å². The molecule has 1 aliphatic heterocycles. The Bertz CT molecular complexity index is 754. The van der Waals surface area contributed by atoms with Crippen LogP contribution in [0.25, 0.3) is 10.8 Å². The van der Waals surface area contributed by atoms with Crippen molar-refractivity contribution in [3.63, 3.8) is 0 Å². The van der Waals surface area contributed by atoms with E-state index in [0.29, 0.717) is 19.1 Å². The molecule has 1 aliphatic carbocycles. The lowest BCUT2D eigenvalue weighted by Gasteiger charge is -2.37. The summed E-state index contributed by atoms with van der Waals surface area (Å²) < 4.78 is 5.55. The summed E-state index contributed by atoms with van der Waals surface area (Å²) in [5.41, 5.74) is 1.28. The first-order valence-electron chi connectivity index (χ1n) is 8.69. The fraction of sp³-hybridized carbons (Fsp3) is 0.450. The molecule has 4 heteroatoms. The molecule has 1 amide bonds. The third-order valence-electron chi connectivity index (χ3n) is 5.32. The van der Waals surface area contributed by atoms with Crippen LogP contribution in [0.2, 0.25) is 0 Å². The number of ether oxygens (including phenoxy) is 1. The predicted molar refractivity (Wildman–Crippen MR) is 92.8 cm³/mol. The number of carbonyl (C=O) groups excluding carboxylic acids is 1. The monoisotopic (exact) mass is 325 g/mol. The van der Waals surface area contributed by atoms with E-state index in [4.69, 9.17) is 4.74 Å². The molecule has 4 nitrogen and oxygen atoms in total. The minimum Gasteiger partial charge on any atom is -0.394 e. The number of hydrogen-bond acceptors (Lipinski definition) is 3. The summed E-state index contributed by atoms with van der Waals surface area (Å²) in [7, 11) is 0. The minimum atomic E-state index is -0.250. The summed E-state index contributed by atoms with van der Waals surface area (Å²) in [6.07, 6.45) is 0.667. The van der Waals surface area contributed by atoms with E-state index in [1.165, 1.54) is 16.3 Å². The van der Waals surface area contributed by atoms with Gasteiger partial charge in [0.1, 0.15) is 0 Å². The summed E-state index contributed by atoms with van der Waals surface area (Å²) in [6, 6.07) is 14.8. The molecule has 2 aromatic carbocycles. The van der Waals surface area contributed by atoms with E-state index in [9.17, 15) is 9.90 Å². The molecule has 2 aliphatic rings. The van der Waals surface area contributed by atoms with E-state index in [0.717, 1.165) is 6.42 Å². The van der Waals surface area contributed by atoms with Gasteiger partial charge >= 0.3 is 0 Å². The molecule has 2 fully saturated rings. The normalized spacial score (nSPS) is 29.7. The lowest BCUT2D eigenvalue weighted by molar-refractivity contribution is -0.147. The Labute approximate surface area is 142 Å². The average molecular weight is 325 g/mol. The van der Waals surface area contributed by atoms with E-state index >= 15 is 0 Å². The lowest BCUT2D eigenvalue weighted by atomic mass is 10.00. The number of carbonyl (C=O) groups is 1. The van der Waals surface area contributed by atoms with Crippen molar-refractivity contribution < 1.29 is 14.6 Å². The van der Waals surface area contributed by atoms with Crippen molar-refractivity contribution in [2.45, 2.75) is 31.4 Å². The second kappa shape index (κ2) is 6.19. The average Bonchev–Trinajstić information content (AvgIpc) is 3.41. The maximum Gasteiger partial charge on any atom is 0.226 e. The zero-order chi connectivity index (χ0) is 16.7. The summed E-state index contributed by atoms with van der Waals surface area (Å²) >= 11 is 0. The molecule has 1 saturated carbocycles. The van der Waals surface area contributed by atoms with E-state index in [1.807, 2.05) is 17.9 Å². The molecule has 2 aromatic rings. The Morgan fingerprint density at radius 2 is 2.04 bits per heavy atom. The Morgan fingerprint density at radius 1 is 1.25 bits per heavy atom. The summed E-state index contributed by atoms with van der Waals surface area (Å²) in [6.45, 7) is 2.98. The summed E-state index contributed by atoms with van der Waals surface area (Å²) in [5.74, 6) is 0.587. The first-order chi connectivity index (χ1) is 11.7. The Kier molecular flexibility index (Phi) is 4.02. The number of hydrogen-bond donors (Lipinski definition) is 1. The smallest absolute Gasteiger partial charge is 0.226 e. The van der Waals surface area contributed by atoms with Gasteiger partial charge in [0.2, 0.25) is 5.91 Å². The van der Waals surface area contributed by atoms with Crippen molar-refractivity contribution in [1.29, 1.82) is 0 Å². The third-order valence-corrected chi connectivity index (χ3v) is 5.32. The lowest BCUT2D eigenvalue weighted by Crippen LogP contribution is -2.52. The van der Waals surface area contributed by atoms with Gasteiger partial charge in [0.15, 0.2) is 0 Å². The van der Waals surface area contributed by atoms with Gasteiger partial charge in [-0.3, -0.25) is 4.79 Å². The number of rotatable bonds is 3. The Balaban J connectivity index is 1.54. The third kappa shape index (κ3) is 2.70. The molecular weight excluding hydrogens is 302 g/mol. The van der Waals surface area contributed by atoms with Crippen molar-refractivity contribution in [3.05, 3.63) is 48.0 Å². The largest absolute Gasteiger partial charge is 0.394 e. The standard InChI is InChI=1S/C20H23NO3/c1-13-12-24-15(11-22)10-21(13)20(23)19-9-18(19)17-8-4-6-14-5-2-3-7-16(14)17/h2-8,13,15,18-19,22H,9-12H2,1H3. The number of benzene rings is 2. The van der Waals surface area contributed by atoms with Crippen LogP contribution in [-0.2, 0) is 9.53 Å². The number of aliphatic hydroxyl groups excluding tert-OH is 1. The van der Waals surface area contributed by atoms with Gasteiger partial charge in [-0.1, -0.05) is 42.5 Å². The SMILES string of the molecule is CC1COC(CO)CN1C(=O)C1CC1c1cccc2ccccc12. The highest BCUT2D eigenvalue weighted by Crippen LogP contribution is 2.50. The van der Waals surface area contributed by atoms with Crippen molar-refractivity contribution >= 4 is 16.7 Å². The zero-order valence-corrected chi connectivity index (χ0v) is 13.9. The molecule has 0 aromatic heterocycles. The summed E-state index contributed by atoms with van der Waals surface area (Å²) in [5, 5.41) is 11.8. The molecule has 1 saturated heterocycles. The van der Waals surface area contributed by atoms with E-state index in [2.05, 4.69) is 36.4 Å². The highest BCUT2D eigenvalue weighted by Gasteiger charge is 2.47. The molecule has 0 bridgehead atoms. The molecule has 1 N–H and O–H groups in total. The van der Waals surface area contributed by atoms with Gasteiger partial charge in [-0.05, 0) is 35.6 Å². The summed E-state index contributed by atoms with van der Waals surface area (Å²) in [4.78, 5) is 14.8. The molecule has 24 heavy (non-hydrogen) atoms. The topological polar surface area (TPSA) is 49.8 Å². The van der Waals surface area contributed by atoms with Gasteiger partial charge in [0.25, 0.3) is 0 Å². The van der Waals surface area contributed by atoms with Gasteiger partial charge in [-0.2, -0.15) is 0 Å². The Morgan fingerprint density at radius 3 is 2.88 bits per heavy atom. The maximum atomic E-state index is 12.9. The van der Waals surface area contributed by atoms with Gasteiger partial charge in [0, 0.05) is 12.5 Å². The van der Waals surface area contributed by atoms with E-state index in [1.54, 1.807) is 0 Å². The first-order valence-corrected chi connectivity index (χ1v) is 8.69. The Hall–Kier alpha value is -1.91. The number of fused-ring (bicyclic) bond motifs is 1. The highest BCUT2D eigenvalue weighted by atomic mass is 16.5. The van der Waals surface area contributed by atoms with Crippen molar-refractivity contribution in [2.75, 3.05) is 19.8 Å². The minimum absolute atomic E-state index is 0.0338. The zero-order valence-electron chi connectivity index (χ0n) is 13.9. The predicted octanol–water partition coefficient (Wildman–Crippen LogP) is 2.55.